The first kappa shape index (κ1) is 9.86. The summed E-state index contributed by atoms with van der Waals surface area (Å²) in [6.45, 7) is 2.97. The van der Waals surface area contributed by atoms with Crippen LogP contribution in [0.2, 0.25) is 0 Å². The van der Waals surface area contributed by atoms with E-state index in [0.717, 1.165) is 5.56 Å². The number of hydrogen-bond acceptors (Lipinski definition) is 4. The average molecular weight is 204 g/mol. The molecule has 0 amide bonds. The van der Waals surface area contributed by atoms with Gasteiger partial charge in [0.15, 0.2) is 5.82 Å². The molecule has 2 rings (SSSR count). The summed E-state index contributed by atoms with van der Waals surface area (Å²) in [5.74, 6) is 1.11. The lowest BCUT2D eigenvalue weighted by Gasteiger charge is -1.92. The number of aromatic nitrogens is 2. The Kier molecular flexibility index (Phi) is 3.09. The van der Waals surface area contributed by atoms with E-state index in [2.05, 4.69) is 10.1 Å². The van der Waals surface area contributed by atoms with Crippen LogP contribution in [0.5, 0.6) is 0 Å². The second-order valence-corrected chi connectivity index (χ2v) is 3.02. The maximum Gasteiger partial charge on any atom is 0.258 e. The molecule has 1 aromatic carbocycles. The molecule has 0 aliphatic carbocycles. The Morgan fingerprint density at radius 1 is 1.27 bits per heavy atom. The van der Waals surface area contributed by atoms with E-state index in [1.807, 2.05) is 37.3 Å². The Balaban J connectivity index is 2.14. The zero-order valence-electron chi connectivity index (χ0n) is 8.51. The van der Waals surface area contributed by atoms with E-state index >= 15 is 0 Å². The Bertz CT molecular complexity index is 412. The van der Waals surface area contributed by atoms with Crippen LogP contribution in [0.25, 0.3) is 11.5 Å². The SMILES string of the molecule is CCOCc1noc(-c2ccccc2)n1. The predicted octanol–water partition coefficient (Wildman–Crippen LogP) is 2.27. The molecule has 2 aromatic rings. The highest BCUT2D eigenvalue weighted by molar-refractivity contribution is 5.51. The molecular weight excluding hydrogens is 192 g/mol. The number of benzene rings is 1. The van der Waals surface area contributed by atoms with Gasteiger partial charge >= 0.3 is 0 Å². The summed E-state index contributed by atoms with van der Waals surface area (Å²) in [7, 11) is 0. The van der Waals surface area contributed by atoms with Gasteiger partial charge in [-0.2, -0.15) is 4.98 Å². The van der Waals surface area contributed by atoms with Gasteiger partial charge in [0.1, 0.15) is 6.61 Å². The van der Waals surface area contributed by atoms with Gasteiger partial charge in [-0.15, -0.1) is 0 Å². The van der Waals surface area contributed by atoms with E-state index in [0.29, 0.717) is 24.9 Å². The highest BCUT2D eigenvalue weighted by Gasteiger charge is 2.07. The molecule has 0 saturated heterocycles. The third-order valence-corrected chi connectivity index (χ3v) is 1.92. The minimum atomic E-state index is 0.396. The first-order valence-corrected chi connectivity index (χ1v) is 4.86. The maximum atomic E-state index is 5.18. The molecule has 4 heteroatoms. The summed E-state index contributed by atoms with van der Waals surface area (Å²) in [6.07, 6.45) is 0. The van der Waals surface area contributed by atoms with E-state index in [9.17, 15) is 0 Å². The monoisotopic (exact) mass is 204 g/mol. The van der Waals surface area contributed by atoms with Crippen LogP contribution >= 0.6 is 0 Å². The molecule has 4 nitrogen and oxygen atoms in total. The topological polar surface area (TPSA) is 48.2 Å². The van der Waals surface area contributed by atoms with Crippen LogP contribution in [0.1, 0.15) is 12.7 Å². The van der Waals surface area contributed by atoms with Gasteiger partial charge in [0, 0.05) is 12.2 Å². The van der Waals surface area contributed by atoms with Crippen LogP contribution in [-0.2, 0) is 11.3 Å². The minimum absolute atomic E-state index is 0.396. The number of hydrogen-bond donors (Lipinski definition) is 0. The van der Waals surface area contributed by atoms with Gasteiger partial charge < -0.3 is 9.26 Å². The molecule has 0 bridgehead atoms. The van der Waals surface area contributed by atoms with Gasteiger partial charge in [0.25, 0.3) is 5.89 Å². The van der Waals surface area contributed by atoms with Crippen molar-refractivity contribution in [3.63, 3.8) is 0 Å². The average Bonchev–Trinajstić information content (AvgIpc) is 2.76. The van der Waals surface area contributed by atoms with Crippen molar-refractivity contribution in [3.05, 3.63) is 36.2 Å². The minimum Gasteiger partial charge on any atom is -0.374 e. The van der Waals surface area contributed by atoms with Gasteiger partial charge in [0.2, 0.25) is 0 Å². The summed E-state index contributed by atoms with van der Waals surface area (Å²) < 4.78 is 10.3. The van der Waals surface area contributed by atoms with Crippen molar-refractivity contribution >= 4 is 0 Å². The standard InChI is InChI=1S/C11H12N2O2/c1-2-14-8-10-12-11(15-13-10)9-6-4-3-5-7-9/h3-7H,2,8H2,1H3. The van der Waals surface area contributed by atoms with Crippen molar-refractivity contribution in [3.8, 4) is 11.5 Å². The van der Waals surface area contributed by atoms with E-state index < -0.39 is 0 Å². The van der Waals surface area contributed by atoms with Crippen molar-refractivity contribution in [1.29, 1.82) is 0 Å². The number of nitrogens with zero attached hydrogens (tertiary/aromatic N) is 2. The van der Waals surface area contributed by atoms with Crippen LogP contribution in [0, 0.1) is 0 Å². The largest absolute Gasteiger partial charge is 0.374 e. The molecular formula is C11H12N2O2. The van der Waals surface area contributed by atoms with Crippen LogP contribution < -0.4 is 0 Å². The van der Waals surface area contributed by atoms with Crippen LogP contribution in [0.4, 0.5) is 0 Å². The Labute approximate surface area is 87.9 Å². The number of ether oxygens (including phenoxy) is 1. The molecule has 1 aromatic heterocycles. The Morgan fingerprint density at radius 3 is 2.80 bits per heavy atom. The molecule has 15 heavy (non-hydrogen) atoms. The molecule has 78 valence electrons. The Morgan fingerprint density at radius 2 is 2.07 bits per heavy atom. The summed E-state index contributed by atoms with van der Waals surface area (Å²) in [4.78, 5) is 4.22. The van der Waals surface area contributed by atoms with Gasteiger partial charge in [0.05, 0.1) is 0 Å². The molecule has 0 aliphatic heterocycles. The summed E-state index contributed by atoms with van der Waals surface area (Å²) >= 11 is 0. The quantitative estimate of drug-likeness (QED) is 0.766. The molecule has 0 saturated carbocycles. The molecule has 1 heterocycles. The molecule has 0 atom stereocenters. The smallest absolute Gasteiger partial charge is 0.258 e. The fourth-order valence-corrected chi connectivity index (χ4v) is 1.20. The third kappa shape index (κ3) is 2.41. The van der Waals surface area contributed by atoms with E-state index in [1.54, 1.807) is 0 Å². The molecule has 0 N–H and O–H groups in total. The van der Waals surface area contributed by atoms with Gasteiger partial charge in [-0.1, -0.05) is 23.4 Å². The van der Waals surface area contributed by atoms with Crippen LogP contribution in [0.15, 0.2) is 34.9 Å². The van der Waals surface area contributed by atoms with Crippen molar-refractivity contribution in [1.82, 2.24) is 10.1 Å². The Hall–Kier alpha value is -1.68. The van der Waals surface area contributed by atoms with Gasteiger partial charge in [-0.3, -0.25) is 0 Å². The lowest BCUT2D eigenvalue weighted by atomic mass is 10.2. The molecule has 0 radical (unpaired) electrons. The van der Waals surface area contributed by atoms with Crippen molar-refractivity contribution in [2.75, 3.05) is 6.61 Å². The van der Waals surface area contributed by atoms with E-state index in [4.69, 9.17) is 9.26 Å². The van der Waals surface area contributed by atoms with Crippen molar-refractivity contribution < 1.29 is 9.26 Å². The van der Waals surface area contributed by atoms with E-state index in [-0.39, 0.29) is 0 Å². The highest BCUT2D eigenvalue weighted by Crippen LogP contribution is 2.16. The summed E-state index contributed by atoms with van der Waals surface area (Å²) in [5.41, 5.74) is 0.924. The molecule has 0 unspecified atom stereocenters. The molecule has 0 aliphatic rings. The lowest BCUT2D eigenvalue weighted by Crippen LogP contribution is -1.93. The van der Waals surface area contributed by atoms with E-state index in [1.165, 1.54) is 0 Å². The second kappa shape index (κ2) is 4.70. The lowest BCUT2D eigenvalue weighted by molar-refractivity contribution is 0.126. The first-order chi connectivity index (χ1) is 7.40. The normalized spacial score (nSPS) is 10.5. The second-order valence-electron chi connectivity index (χ2n) is 3.02. The fourth-order valence-electron chi connectivity index (χ4n) is 1.20. The highest BCUT2D eigenvalue weighted by atomic mass is 16.5. The molecule has 0 fully saturated rings. The summed E-state index contributed by atoms with van der Waals surface area (Å²) in [6, 6.07) is 9.67. The van der Waals surface area contributed by atoms with Crippen LogP contribution in [0.3, 0.4) is 0 Å². The summed E-state index contributed by atoms with van der Waals surface area (Å²) in [5, 5.41) is 3.82. The zero-order chi connectivity index (χ0) is 10.5. The number of rotatable bonds is 4. The third-order valence-electron chi connectivity index (χ3n) is 1.92. The maximum absolute atomic E-state index is 5.18. The fraction of sp³-hybridized carbons (Fsp3) is 0.273. The zero-order valence-corrected chi connectivity index (χ0v) is 8.51. The predicted molar refractivity (Wildman–Crippen MR) is 55.1 cm³/mol. The van der Waals surface area contributed by atoms with Gasteiger partial charge in [-0.05, 0) is 19.1 Å². The van der Waals surface area contributed by atoms with Crippen LogP contribution in [-0.4, -0.2) is 16.7 Å². The first-order valence-electron chi connectivity index (χ1n) is 4.86. The van der Waals surface area contributed by atoms with Gasteiger partial charge in [-0.25, -0.2) is 0 Å². The van der Waals surface area contributed by atoms with Crippen molar-refractivity contribution in [2.24, 2.45) is 0 Å². The van der Waals surface area contributed by atoms with Crippen molar-refractivity contribution in [2.45, 2.75) is 13.5 Å². The molecule has 0 spiro atoms.